The van der Waals surface area contributed by atoms with Crippen LogP contribution < -0.4 is 5.32 Å². The maximum atomic E-state index is 12.4. The molecule has 1 N–H and O–H groups in total. The van der Waals surface area contributed by atoms with Crippen LogP contribution in [-0.4, -0.2) is 30.4 Å². The first kappa shape index (κ1) is 20.2. The molecule has 1 aliphatic rings. The van der Waals surface area contributed by atoms with Crippen molar-refractivity contribution in [1.82, 2.24) is 10.2 Å². The summed E-state index contributed by atoms with van der Waals surface area (Å²) in [5.74, 6) is 0.325. The highest BCUT2D eigenvalue weighted by Gasteiger charge is 2.25. The highest BCUT2D eigenvalue weighted by Crippen LogP contribution is 2.25. The summed E-state index contributed by atoms with van der Waals surface area (Å²) in [6.45, 7) is 3.39. The molecule has 0 bridgehead atoms. The number of hydrogen-bond acceptors (Lipinski definition) is 2. The van der Waals surface area contributed by atoms with Crippen molar-refractivity contribution in [3.05, 3.63) is 69.7 Å². The Morgan fingerprint density at radius 1 is 1.07 bits per heavy atom. The van der Waals surface area contributed by atoms with Crippen LogP contribution in [0.4, 0.5) is 0 Å². The van der Waals surface area contributed by atoms with Crippen molar-refractivity contribution in [2.45, 2.75) is 32.2 Å². The van der Waals surface area contributed by atoms with Crippen LogP contribution in [0.25, 0.3) is 0 Å². The fourth-order valence-corrected chi connectivity index (χ4v) is 4.01. The summed E-state index contributed by atoms with van der Waals surface area (Å²) in [6, 6.07) is 16.0. The molecule has 1 aliphatic heterocycles. The number of rotatable bonds is 7. The smallest absolute Gasteiger partial charge is 0.223 e. The van der Waals surface area contributed by atoms with E-state index in [1.807, 2.05) is 18.2 Å². The molecule has 3 nitrogen and oxygen atoms in total. The van der Waals surface area contributed by atoms with Crippen molar-refractivity contribution in [2.24, 2.45) is 5.92 Å². The quantitative estimate of drug-likeness (QED) is 0.661. The predicted octanol–water partition coefficient (Wildman–Crippen LogP) is 4.95. The molecular formula is C22H26Cl2N2O. The molecular weight excluding hydrogens is 379 g/mol. The van der Waals surface area contributed by atoms with Gasteiger partial charge in [0.25, 0.3) is 0 Å². The van der Waals surface area contributed by atoms with Gasteiger partial charge in [-0.15, -0.1) is 0 Å². The van der Waals surface area contributed by atoms with E-state index in [0.29, 0.717) is 10.0 Å². The molecule has 0 spiro atoms. The van der Waals surface area contributed by atoms with Crippen LogP contribution in [0.3, 0.4) is 0 Å². The first-order valence-electron chi connectivity index (χ1n) is 9.60. The number of benzene rings is 2. The SMILES string of the molecule is O=C(NCCCc1ccccc1)C1CCN(Cc2ccc(Cl)cc2Cl)CC1. The summed E-state index contributed by atoms with van der Waals surface area (Å²) in [5.41, 5.74) is 2.41. The maximum Gasteiger partial charge on any atom is 0.223 e. The van der Waals surface area contributed by atoms with Crippen LogP contribution >= 0.6 is 23.2 Å². The van der Waals surface area contributed by atoms with E-state index in [1.54, 1.807) is 6.07 Å². The molecule has 1 heterocycles. The number of amides is 1. The Morgan fingerprint density at radius 2 is 1.81 bits per heavy atom. The second kappa shape index (κ2) is 10.1. The molecule has 0 atom stereocenters. The molecule has 144 valence electrons. The fraction of sp³-hybridized carbons (Fsp3) is 0.409. The molecule has 5 heteroatoms. The highest BCUT2D eigenvalue weighted by atomic mass is 35.5. The topological polar surface area (TPSA) is 32.3 Å². The number of halogens is 2. The van der Waals surface area contributed by atoms with Crippen molar-refractivity contribution >= 4 is 29.1 Å². The molecule has 0 radical (unpaired) electrons. The normalized spacial score (nSPS) is 15.6. The van der Waals surface area contributed by atoms with Gasteiger partial charge in [0.15, 0.2) is 0 Å². The van der Waals surface area contributed by atoms with Gasteiger partial charge < -0.3 is 5.32 Å². The molecule has 1 fully saturated rings. The van der Waals surface area contributed by atoms with Crippen LogP contribution in [0.15, 0.2) is 48.5 Å². The Labute approximate surface area is 171 Å². The van der Waals surface area contributed by atoms with Gasteiger partial charge in [-0.3, -0.25) is 9.69 Å². The second-order valence-corrected chi connectivity index (χ2v) is 8.01. The minimum atomic E-state index is 0.124. The zero-order valence-electron chi connectivity index (χ0n) is 15.5. The summed E-state index contributed by atoms with van der Waals surface area (Å²) >= 11 is 12.2. The van der Waals surface area contributed by atoms with Gasteiger partial charge in [0.1, 0.15) is 0 Å². The summed E-state index contributed by atoms with van der Waals surface area (Å²) in [5, 5.41) is 4.48. The standard InChI is InChI=1S/C22H26Cl2N2O/c23-20-9-8-19(21(24)15-20)16-26-13-10-18(11-14-26)22(27)25-12-4-7-17-5-2-1-3-6-17/h1-3,5-6,8-9,15,18H,4,7,10-14,16H2,(H,25,27). The Hall–Kier alpha value is -1.55. The van der Waals surface area contributed by atoms with E-state index in [1.165, 1.54) is 5.56 Å². The van der Waals surface area contributed by atoms with Gasteiger partial charge >= 0.3 is 0 Å². The molecule has 0 unspecified atom stereocenters. The molecule has 0 saturated carbocycles. The molecule has 2 aromatic carbocycles. The summed E-state index contributed by atoms with van der Waals surface area (Å²) < 4.78 is 0. The van der Waals surface area contributed by atoms with Gasteiger partial charge in [0, 0.05) is 29.1 Å². The van der Waals surface area contributed by atoms with E-state index in [2.05, 4.69) is 34.5 Å². The Morgan fingerprint density at radius 3 is 2.52 bits per heavy atom. The van der Waals surface area contributed by atoms with Gasteiger partial charge in [0.2, 0.25) is 5.91 Å². The third kappa shape index (κ3) is 6.24. The molecule has 3 rings (SSSR count). The minimum Gasteiger partial charge on any atom is -0.356 e. The zero-order chi connectivity index (χ0) is 19.1. The van der Waals surface area contributed by atoms with Gasteiger partial charge in [-0.25, -0.2) is 0 Å². The molecule has 0 aliphatic carbocycles. The number of hydrogen-bond donors (Lipinski definition) is 1. The average molecular weight is 405 g/mol. The number of nitrogens with zero attached hydrogens (tertiary/aromatic N) is 1. The number of carbonyl (C=O) groups excluding carboxylic acids is 1. The Kier molecular flexibility index (Phi) is 7.57. The Balaban J connectivity index is 1.36. The number of aryl methyl sites for hydroxylation is 1. The molecule has 1 amide bonds. The first-order valence-corrected chi connectivity index (χ1v) is 10.4. The third-order valence-corrected chi connectivity index (χ3v) is 5.74. The van der Waals surface area contributed by atoms with Crippen molar-refractivity contribution in [1.29, 1.82) is 0 Å². The predicted molar refractivity (Wildman–Crippen MR) is 112 cm³/mol. The van der Waals surface area contributed by atoms with Gasteiger partial charge in [-0.05, 0) is 62.0 Å². The highest BCUT2D eigenvalue weighted by molar-refractivity contribution is 6.35. The number of carbonyl (C=O) groups is 1. The van der Waals surface area contributed by atoms with Crippen molar-refractivity contribution in [3.8, 4) is 0 Å². The molecule has 1 saturated heterocycles. The minimum absolute atomic E-state index is 0.124. The number of likely N-dealkylation sites (tertiary alicyclic amines) is 1. The lowest BCUT2D eigenvalue weighted by Crippen LogP contribution is -2.40. The van der Waals surface area contributed by atoms with Crippen LogP contribution in [0.5, 0.6) is 0 Å². The molecule has 27 heavy (non-hydrogen) atoms. The van der Waals surface area contributed by atoms with E-state index in [4.69, 9.17) is 23.2 Å². The largest absolute Gasteiger partial charge is 0.356 e. The van der Waals surface area contributed by atoms with E-state index in [9.17, 15) is 4.79 Å². The van der Waals surface area contributed by atoms with Crippen molar-refractivity contribution < 1.29 is 4.79 Å². The summed E-state index contributed by atoms with van der Waals surface area (Å²) in [7, 11) is 0. The van der Waals surface area contributed by atoms with Gasteiger partial charge in [-0.1, -0.05) is 59.6 Å². The lowest BCUT2D eigenvalue weighted by atomic mass is 9.95. The number of piperidine rings is 1. The molecule has 0 aromatic heterocycles. The lowest BCUT2D eigenvalue weighted by molar-refractivity contribution is -0.126. The van der Waals surface area contributed by atoms with Crippen LogP contribution in [0.1, 0.15) is 30.4 Å². The van der Waals surface area contributed by atoms with E-state index < -0.39 is 0 Å². The fourth-order valence-electron chi connectivity index (χ4n) is 3.54. The maximum absolute atomic E-state index is 12.4. The van der Waals surface area contributed by atoms with Crippen molar-refractivity contribution in [2.75, 3.05) is 19.6 Å². The van der Waals surface area contributed by atoms with E-state index >= 15 is 0 Å². The molecule has 2 aromatic rings. The second-order valence-electron chi connectivity index (χ2n) is 7.17. The van der Waals surface area contributed by atoms with Crippen molar-refractivity contribution in [3.63, 3.8) is 0 Å². The van der Waals surface area contributed by atoms with Crippen LogP contribution in [0, 0.1) is 5.92 Å². The lowest BCUT2D eigenvalue weighted by Gasteiger charge is -2.31. The summed E-state index contributed by atoms with van der Waals surface area (Å²) in [6.07, 6.45) is 3.77. The monoisotopic (exact) mass is 404 g/mol. The van der Waals surface area contributed by atoms with Crippen LogP contribution in [0.2, 0.25) is 10.0 Å². The number of nitrogens with one attached hydrogen (secondary N) is 1. The van der Waals surface area contributed by atoms with Crippen LogP contribution in [-0.2, 0) is 17.8 Å². The summed E-state index contributed by atoms with van der Waals surface area (Å²) in [4.78, 5) is 14.8. The van der Waals surface area contributed by atoms with Gasteiger partial charge in [0.05, 0.1) is 0 Å². The van der Waals surface area contributed by atoms with E-state index in [0.717, 1.165) is 57.4 Å². The zero-order valence-corrected chi connectivity index (χ0v) is 17.0. The Bertz CT molecular complexity index is 743. The third-order valence-electron chi connectivity index (χ3n) is 5.15. The average Bonchev–Trinajstić information content (AvgIpc) is 2.69. The van der Waals surface area contributed by atoms with E-state index in [-0.39, 0.29) is 11.8 Å². The first-order chi connectivity index (χ1) is 13.1. The van der Waals surface area contributed by atoms with Gasteiger partial charge in [-0.2, -0.15) is 0 Å².